The van der Waals surface area contributed by atoms with E-state index in [1.54, 1.807) is 7.11 Å². The number of benzene rings is 1. The van der Waals surface area contributed by atoms with Crippen molar-refractivity contribution in [2.45, 2.75) is 24.6 Å². The number of Topliss-reactive ketones (excluding diaryl/α,β-unsaturated/α-hetero) is 1. The third-order valence-corrected chi connectivity index (χ3v) is 5.01. The molecule has 1 aliphatic carbocycles. The Hall–Kier alpha value is -2.48. The van der Waals surface area contributed by atoms with E-state index in [-0.39, 0.29) is 29.0 Å². The number of nitrogens with one attached hydrogen (secondary N) is 1. The van der Waals surface area contributed by atoms with Crippen molar-refractivity contribution in [1.29, 1.82) is 0 Å². The third-order valence-electron chi connectivity index (χ3n) is 4.01. The number of anilines is 1. The van der Waals surface area contributed by atoms with Crippen LogP contribution in [0.15, 0.2) is 33.9 Å². The van der Waals surface area contributed by atoms with Crippen LogP contribution in [0.5, 0.6) is 5.75 Å². The fourth-order valence-corrected chi connectivity index (χ4v) is 3.47. The number of ether oxygens (including phenoxy) is 1. The molecule has 2 aromatic rings. The summed E-state index contributed by atoms with van der Waals surface area (Å²) < 4.78 is 6.49. The Bertz CT molecular complexity index is 915. The first-order valence-electron chi connectivity index (χ1n) is 7.89. The first-order chi connectivity index (χ1) is 12.0. The second kappa shape index (κ2) is 7.18. The van der Waals surface area contributed by atoms with Crippen molar-refractivity contribution in [2.75, 3.05) is 18.6 Å². The van der Waals surface area contributed by atoms with Gasteiger partial charge in [0.05, 0.1) is 12.9 Å². The lowest BCUT2D eigenvalue weighted by atomic mass is 10.2. The average Bonchev–Trinajstić information content (AvgIpc) is 3.39. The first-order valence-corrected chi connectivity index (χ1v) is 9.05. The summed E-state index contributed by atoms with van der Waals surface area (Å²) in [6.07, 6.45) is 1.66. The van der Waals surface area contributed by atoms with Crippen LogP contribution in [0.3, 0.4) is 0 Å². The van der Waals surface area contributed by atoms with Crippen LogP contribution < -0.4 is 21.7 Å². The van der Waals surface area contributed by atoms with E-state index in [0.717, 1.165) is 24.2 Å². The highest BCUT2D eigenvalue weighted by atomic mass is 32.2. The van der Waals surface area contributed by atoms with E-state index < -0.39 is 11.2 Å². The van der Waals surface area contributed by atoms with Gasteiger partial charge in [0.15, 0.2) is 5.78 Å². The van der Waals surface area contributed by atoms with Gasteiger partial charge in [0.2, 0.25) is 0 Å². The van der Waals surface area contributed by atoms with Gasteiger partial charge in [-0.2, -0.15) is 0 Å². The van der Waals surface area contributed by atoms with Crippen molar-refractivity contribution in [3.8, 4) is 5.75 Å². The van der Waals surface area contributed by atoms with Gasteiger partial charge in [0, 0.05) is 11.8 Å². The van der Waals surface area contributed by atoms with Crippen molar-refractivity contribution in [1.82, 2.24) is 9.55 Å². The van der Waals surface area contributed by atoms with E-state index in [2.05, 4.69) is 4.98 Å². The van der Waals surface area contributed by atoms with Crippen molar-refractivity contribution in [3.05, 3.63) is 56.2 Å². The monoisotopic (exact) mass is 361 g/mol. The lowest BCUT2D eigenvalue weighted by Gasteiger charge is -2.11. The molecular formula is C17H19N3O4S. The molecule has 8 heteroatoms. The molecule has 25 heavy (non-hydrogen) atoms. The van der Waals surface area contributed by atoms with E-state index in [1.807, 2.05) is 24.3 Å². The number of hydrogen-bond acceptors (Lipinski definition) is 6. The van der Waals surface area contributed by atoms with Crippen molar-refractivity contribution in [3.63, 3.8) is 0 Å². The molecule has 1 saturated carbocycles. The highest BCUT2D eigenvalue weighted by Gasteiger charge is 2.29. The van der Waals surface area contributed by atoms with Crippen LogP contribution in [0.2, 0.25) is 0 Å². The zero-order chi connectivity index (χ0) is 18.0. The predicted molar refractivity (Wildman–Crippen MR) is 97.5 cm³/mol. The maximum Gasteiger partial charge on any atom is 0.330 e. The molecule has 1 aliphatic rings. The second-order valence-electron chi connectivity index (χ2n) is 5.89. The van der Waals surface area contributed by atoms with E-state index in [0.29, 0.717) is 5.75 Å². The molecule has 0 aliphatic heterocycles. The molecule has 0 bridgehead atoms. The summed E-state index contributed by atoms with van der Waals surface area (Å²) in [6, 6.07) is 7.55. The Morgan fingerprint density at radius 2 is 2.16 bits per heavy atom. The highest BCUT2D eigenvalue weighted by Crippen LogP contribution is 2.35. The molecule has 0 spiro atoms. The summed E-state index contributed by atoms with van der Waals surface area (Å²) in [4.78, 5) is 38.5. The highest BCUT2D eigenvalue weighted by molar-refractivity contribution is 7.99. The normalized spacial score (nSPS) is 13.6. The van der Waals surface area contributed by atoms with Gasteiger partial charge in [0.1, 0.15) is 17.1 Å². The summed E-state index contributed by atoms with van der Waals surface area (Å²) in [5, 5.41) is 0. The summed E-state index contributed by atoms with van der Waals surface area (Å²) in [5.41, 5.74) is 5.57. The van der Waals surface area contributed by atoms with Crippen molar-refractivity contribution in [2.24, 2.45) is 0 Å². The van der Waals surface area contributed by atoms with E-state index in [4.69, 9.17) is 10.5 Å². The van der Waals surface area contributed by atoms with Gasteiger partial charge in [-0.1, -0.05) is 12.1 Å². The molecule has 0 saturated heterocycles. The first kappa shape index (κ1) is 17.3. The molecule has 1 aromatic carbocycles. The number of carbonyl (C=O) groups is 1. The molecule has 0 radical (unpaired) electrons. The fraction of sp³-hybridized carbons (Fsp3) is 0.353. The average molecular weight is 361 g/mol. The molecule has 3 rings (SSSR count). The van der Waals surface area contributed by atoms with Gasteiger partial charge in [-0.15, -0.1) is 11.8 Å². The van der Waals surface area contributed by atoms with Crippen molar-refractivity contribution >= 4 is 23.4 Å². The standard InChI is InChI=1S/C17H19N3O4S/c1-24-12-4-2-3-10(7-12)8-25-9-13(21)14-15(18)20(11-5-6-11)17(23)19-16(14)22/h2-4,7,11H,5-6,8-9,18H2,1H3,(H,19,22,23). The number of methoxy groups -OCH3 is 1. The third kappa shape index (κ3) is 3.79. The number of carbonyl (C=O) groups excluding carboxylic acids is 1. The lowest BCUT2D eigenvalue weighted by Crippen LogP contribution is -2.36. The fourth-order valence-electron chi connectivity index (χ4n) is 2.63. The summed E-state index contributed by atoms with van der Waals surface area (Å²) in [5.74, 6) is 1.06. The number of nitrogens with two attached hydrogens (primary N) is 1. The van der Waals surface area contributed by atoms with Crippen LogP contribution in [0.4, 0.5) is 5.82 Å². The SMILES string of the molecule is COc1cccc(CSCC(=O)c2c(N)n(C3CC3)c(=O)[nH]c2=O)c1. The van der Waals surface area contributed by atoms with Gasteiger partial charge in [-0.05, 0) is 30.5 Å². The topological polar surface area (TPSA) is 107 Å². The molecular weight excluding hydrogens is 342 g/mol. The number of hydrogen-bond donors (Lipinski definition) is 2. The number of H-pyrrole nitrogens is 1. The summed E-state index contributed by atoms with van der Waals surface area (Å²) in [6.45, 7) is 0. The zero-order valence-corrected chi connectivity index (χ0v) is 14.6. The number of nitrogens with zero attached hydrogens (tertiary/aromatic N) is 1. The maximum absolute atomic E-state index is 12.4. The number of aromatic nitrogens is 2. The Morgan fingerprint density at radius 3 is 2.84 bits per heavy atom. The number of ketones is 1. The van der Waals surface area contributed by atoms with Crippen LogP contribution >= 0.6 is 11.8 Å². The van der Waals surface area contributed by atoms with Crippen LogP contribution in [-0.4, -0.2) is 28.2 Å². The van der Waals surface area contributed by atoms with Crippen LogP contribution in [0.25, 0.3) is 0 Å². The number of nitrogen functional groups attached to an aromatic ring is 1. The van der Waals surface area contributed by atoms with Gasteiger partial charge in [0.25, 0.3) is 5.56 Å². The lowest BCUT2D eigenvalue weighted by molar-refractivity contribution is 0.102. The van der Waals surface area contributed by atoms with Crippen LogP contribution in [0.1, 0.15) is 34.8 Å². The quantitative estimate of drug-likeness (QED) is 0.725. The Labute approximate surface area is 148 Å². The summed E-state index contributed by atoms with van der Waals surface area (Å²) >= 11 is 1.38. The summed E-state index contributed by atoms with van der Waals surface area (Å²) in [7, 11) is 1.60. The van der Waals surface area contributed by atoms with Gasteiger partial charge in [-0.25, -0.2) is 4.79 Å². The van der Waals surface area contributed by atoms with Crippen molar-refractivity contribution < 1.29 is 9.53 Å². The molecule has 3 N–H and O–H groups in total. The molecule has 132 valence electrons. The minimum absolute atomic E-state index is 0.0136. The predicted octanol–water partition coefficient (Wildman–Crippen LogP) is 1.58. The molecule has 1 heterocycles. The van der Waals surface area contributed by atoms with E-state index in [1.165, 1.54) is 16.3 Å². The molecule has 0 atom stereocenters. The van der Waals surface area contributed by atoms with Crippen LogP contribution in [0, 0.1) is 0 Å². The largest absolute Gasteiger partial charge is 0.497 e. The molecule has 7 nitrogen and oxygen atoms in total. The maximum atomic E-state index is 12.4. The van der Waals surface area contributed by atoms with E-state index >= 15 is 0 Å². The zero-order valence-electron chi connectivity index (χ0n) is 13.8. The Kier molecular flexibility index (Phi) is 4.98. The van der Waals surface area contributed by atoms with E-state index in [9.17, 15) is 14.4 Å². The van der Waals surface area contributed by atoms with Gasteiger partial charge >= 0.3 is 5.69 Å². The Balaban J connectivity index is 1.72. The van der Waals surface area contributed by atoms with Gasteiger partial charge < -0.3 is 10.5 Å². The Morgan fingerprint density at radius 1 is 1.40 bits per heavy atom. The number of thioether (sulfide) groups is 1. The molecule has 0 unspecified atom stereocenters. The molecule has 0 amide bonds. The smallest absolute Gasteiger partial charge is 0.330 e. The van der Waals surface area contributed by atoms with Gasteiger partial charge in [-0.3, -0.25) is 19.1 Å². The number of aromatic amines is 1. The minimum atomic E-state index is -0.716. The molecule has 1 fully saturated rings. The molecule has 1 aromatic heterocycles. The minimum Gasteiger partial charge on any atom is -0.497 e. The van der Waals surface area contributed by atoms with Crippen LogP contribution in [-0.2, 0) is 5.75 Å². The second-order valence-corrected chi connectivity index (χ2v) is 6.87. The number of rotatable bonds is 7.